The molecule has 4 fully saturated rings. The van der Waals surface area contributed by atoms with E-state index in [2.05, 4.69) is 54.2 Å². The van der Waals surface area contributed by atoms with E-state index < -0.39 is 35.5 Å². The monoisotopic (exact) mass is 823 g/mol. The summed E-state index contributed by atoms with van der Waals surface area (Å²) < 4.78 is 21.8. The van der Waals surface area contributed by atoms with E-state index in [1.807, 2.05) is 29.2 Å². The molecule has 3 aromatic rings. The number of fused-ring (bicyclic) bond motifs is 1. The molecule has 3 aromatic carbocycles. The Kier molecular flexibility index (Phi) is 10.4. The van der Waals surface area contributed by atoms with Crippen LogP contribution in [0.1, 0.15) is 83.6 Å². The van der Waals surface area contributed by atoms with E-state index in [1.54, 1.807) is 18.2 Å². The van der Waals surface area contributed by atoms with Crippen molar-refractivity contribution in [3.8, 4) is 11.8 Å². The van der Waals surface area contributed by atoms with Gasteiger partial charge in [-0.2, -0.15) is 5.26 Å². The van der Waals surface area contributed by atoms with Crippen LogP contribution in [-0.4, -0.2) is 103 Å². The van der Waals surface area contributed by atoms with Crippen molar-refractivity contribution >= 4 is 52.5 Å². The molecule has 2 N–H and O–H groups in total. The number of nitrogens with one attached hydrogen (secondary N) is 2. The molecule has 1 saturated carbocycles. The molecule has 1 aliphatic carbocycles. The summed E-state index contributed by atoms with van der Waals surface area (Å²) >= 11 is 6.25. The van der Waals surface area contributed by atoms with E-state index in [1.165, 1.54) is 6.07 Å². The van der Waals surface area contributed by atoms with Crippen molar-refractivity contribution in [3.05, 3.63) is 87.7 Å². The van der Waals surface area contributed by atoms with Crippen LogP contribution in [0, 0.1) is 33.9 Å². The first kappa shape index (κ1) is 40.3. The summed E-state index contributed by atoms with van der Waals surface area (Å²) in [5.41, 5.74) is 1.53. The maximum Gasteiger partial charge on any atom is 0.262 e. The molecular formula is C44H47ClFN7O6. The molecule has 8 rings (SSSR count). The van der Waals surface area contributed by atoms with Crippen LogP contribution in [0.25, 0.3) is 0 Å². The molecule has 0 bridgehead atoms. The highest BCUT2D eigenvalue weighted by Gasteiger charge is 2.64. The quantitative estimate of drug-likeness (QED) is 0.282. The molecular weight excluding hydrogens is 777 g/mol. The fraction of sp³-hybridized carbons (Fsp3) is 0.455. The predicted molar refractivity (Wildman–Crippen MR) is 218 cm³/mol. The molecule has 0 aromatic heterocycles. The van der Waals surface area contributed by atoms with E-state index in [-0.39, 0.29) is 58.5 Å². The van der Waals surface area contributed by atoms with Crippen LogP contribution in [0.2, 0.25) is 5.02 Å². The second kappa shape index (κ2) is 15.3. The number of nitriles is 1. The number of piperazine rings is 1. The van der Waals surface area contributed by atoms with Crippen LogP contribution in [-0.2, 0) is 9.59 Å². The summed E-state index contributed by atoms with van der Waals surface area (Å²) in [5.74, 6) is -2.27. The summed E-state index contributed by atoms with van der Waals surface area (Å²) in [4.78, 5) is 71.5. The standard InChI is InChI=1S/C44H47ClFN7O6/c1-43(2)41(44(3,4)42(43)59-29-10-7-27(22-47)32(45)19-29)49-37(55)26-5-8-28(9-6-26)52-14-13-25(24-52)23-50-15-17-51(18-16-50)35-21-31-30(20-33(35)46)39(57)53(40(31)58)34-11-12-36(54)48-38(34)56/h5-10,19-21,25,34,41-42H,11-18,23-24H2,1-4H3,(H,49,55)(H,48,54,56)/t25-,34?,41-,42-/m1/s1. The van der Waals surface area contributed by atoms with Crippen molar-refractivity contribution in [1.82, 2.24) is 20.4 Å². The first-order valence-electron chi connectivity index (χ1n) is 20.1. The van der Waals surface area contributed by atoms with Gasteiger partial charge in [-0.1, -0.05) is 39.3 Å². The Bertz CT molecular complexity index is 2270. The Morgan fingerprint density at radius 3 is 2.24 bits per heavy atom. The number of carbonyl (C=O) groups is 5. The highest BCUT2D eigenvalue weighted by atomic mass is 35.5. The molecule has 5 aliphatic rings. The zero-order valence-electron chi connectivity index (χ0n) is 33.5. The summed E-state index contributed by atoms with van der Waals surface area (Å²) in [6.45, 7) is 13.5. The summed E-state index contributed by atoms with van der Waals surface area (Å²) in [6.07, 6.45) is 0.867. The lowest BCUT2D eigenvalue weighted by Gasteiger charge is -2.63. The second-order valence-electron chi connectivity index (χ2n) is 17.5. The number of nitrogens with zero attached hydrogens (tertiary/aromatic N) is 5. The van der Waals surface area contributed by atoms with Gasteiger partial charge < -0.3 is 19.9 Å². The molecule has 4 aliphatic heterocycles. The molecule has 15 heteroatoms. The Labute approximate surface area is 347 Å². The zero-order valence-corrected chi connectivity index (χ0v) is 34.3. The number of imide groups is 2. The number of carbonyl (C=O) groups excluding carboxylic acids is 5. The normalized spacial score (nSPS) is 25.0. The van der Waals surface area contributed by atoms with Gasteiger partial charge in [-0.3, -0.25) is 39.1 Å². The largest absolute Gasteiger partial charge is 0.489 e. The van der Waals surface area contributed by atoms with Gasteiger partial charge in [0.2, 0.25) is 11.8 Å². The van der Waals surface area contributed by atoms with Crippen LogP contribution in [0.15, 0.2) is 54.6 Å². The second-order valence-corrected chi connectivity index (χ2v) is 17.9. The smallest absolute Gasteiger partial charge is 0.262 e. The first-order chi connectivity index (χ1) is 28.1. The number of hydrogen-bond acceptors (Lipinski definition) is 10. The van der Waals surface area contributed by atoms with Crippen molar-refractivity contribution in [2.45, 2.75) is 65.1 Å². The Balaban J connectivity index is 0.819. The average molecular weight is 824 g/mol. The fourth-order valence-corrected chi connectivity index (χ4v) is 10.3. The van der Waals surface area contributed by atoms with Gasteiger partial charge >= 0.3 is 0 Å². The Morgan fingerprint density at radius 1 is 0.915 bits per heavy atom. The third-order valence-electron chi connectivity index (χ3n) is 12.9. The fourth-order valence-electron chi connectivity index (χ4n) is 10.1. The van der Waals surface area contributed by atoms with Crippen molar-refractivity contribution in [2.75, 3.05) is 55.6 Å². The van der Waals surface area contributed by atoms with Gasteiger partial charge in [0.05, 0.1) is 27.4 Å². The Morgan fingerprint density at radius 2 is 1.59 bits per heavy atom. The van der Waals surface area contributed by atoms with Gasteiger partial charge in [0.1, 0.15) is 29.8 Å². The third-order valence-corrected chi connectivity index (χ3v) is 13.3. The van der Waals surface area contributed by atoms with E-state index >= 15 is 4.39 Å². The minimum atomic E-state index is -1.11. The van der Waals surface area contributed by atoms with Gasteiger partial charge in [-0.05, 0) is 67.3 Å². The third kappa shape index (κ3) is 7.29. The molecule has 3 saturated heterocycles. The number of amides is 5. The van der Waals surface area contributed by atoms with Crippen LogP contribution in [0.3, 0.4) is 0 Å². The molecule has 0 spiro atoms. The number of hydrogen-bond donors (Lipinski definition) is 2. The first-order valence-corrected chi connectivity index (χ1v) is 20.5. The van der Waals surface area contributed by atoms with Crippen LogP contribution in [0.4, 0.5) is 15.8 Å². The zero-order chi connectivity index (χ0) is 42.0. The van der Waals surface area contributed by atoms with Crippen molar-refractivity contribution in [2.24, 2.45) is 16.7 Å². The lowest BCUT2D eigenvalue weighted by molar-refractivity contribution is -0.164. The van der Waals surface area contributed by atoms with E-state index in [0.29, 0.717) is 54.0 Å². The maximum atomic E-state index is 15.5. The minimum Gasteiger partial charge on any atom is -0.489 e. The van der Waals surface area contributed by atoms with Gasteiger partial charge in [-0.25, -0.2) is 4.39 Å². The maximum absolute atomic E-state index is 15.5. The van der Waals surface area contributed by atoms with E-state index in [9.17, 15) is 29.2 Å². The number of ether oxygens (including phenoxy) is 1. The highest BCUT2D eigenvalue weighted by Crippen LogP contribution is 2.55. The summed E-state index contributed by atoms with van der Waals surface area (Å²) in [5, 5.41) is 15.0. The number of halogens is 2. The number of anilines is 2. The Hall–Kier alpha value is -5.52. The molecule has 1 unspecified atom stereocenters. The van der Waals surface area contributed by atoms with Crippen molar-refractivity contribution in [1.29, 1.82) is 5.26 Å². The molecule has 5 amide bonds. The molecule has 59 heavy (non-hydrogen) atoms. The predicted octanol–water partition coefficient (Wildman–Crippen LogP) is 5.01. The lowest BCUT2D eigenvalue weighted by atomic mass is 9.49. The number of rotatable bonds is 9. The molecule has 2 atom stereocenters. The van der Waals surface area contributed by atoms with Crippen LogP contribution in [0.5, 0.6) is 5.75 Å². The summed E-state index contributed by atoms with van der Waals surface area (Å²) in [6, 6.07) is 16.1. The van der Waals surface area contributed by atoms with E-state index in [0.717, 1.165) is 42.7 Å². The molecule has 308 valence electrons. The van der Waals surface area contributed by atoms with Crippen LogP contribution >= 0.6 is 11.6 Å². The molecule has 13 nitrogen and oxygen atoms in total. The van der Waals surface area contributed by atoms with Gasteiger partial charge in [0, 0.05) is 86.4 Å². The highest BCUT2D eigenvalue weighted by molar-refractivity contribution is 6.31. The number of benzene rings is 3. The van der Waals surface area contributed by atoms with Gasteiger partial charge in [-0.15, -0.1) is 0 Å². The van der Waals surface area contributed by atoms with Crippen LogP contribution < -0.4 is 25.2 Å². The SMILES string of the molecule is CC1(C)[C@H](NC(=O)c2ccc(N3CC[C@H](CN4CCN(c5cc6c(cc5F)C(=O)N(C5CCC(=O)NC5=O)C6=O)CC4)C3)cc2)C(C)(C)[C@H]1Oc1ccc(C#N)c(Cl)c1. The van der Waals surface area contributed by atoms with E-state index in [4.69, 9.17) is 16.3 Å². The van der Waals surface area contributed by atoms with Crippen molar-refractivity contribution in [3.63, 3.8) is 0 Å². The van der Waals surface area contributed by atoms with Gasteiger partial charge in [0.15, 0.2) is 0 Å². The van der Waals surface area contributed by atoms with Crippen molar-refractivity contribution < 1.29 is 33.1 Å². The topological polar surface area (TPSA) is 155 Å². The minimum absolute atomic E-state index is 0.0120. The van der Waals surface area contributed by atoms with Gasteiger partial charge in [0.25, 0.3) is 17.7 Å². The molecule has 4 heterocycles. The lowest BCUT2D eigenvalue weighted by Crippen LogP contribution is -2.74. The average Bonchev–Trinajstić information content (AvgIpc) is 3.77. The number of piperidine rings is 1. The summed E-state index contributed by atoms with van der Waals surface area (Å²) in [7, 11) is 0. The molecule has 0 radical (unpaired) electrons.